The summed E-state index contributed by atoms with van der Waals surface area (Å²) in [4.78, 5) is 44.6. The normalized spacial score (nSPS) is 20.3. The Balaban J connectivity index is 1.47. The minimum atomic E-state index is -0.548. The molecule has 186 valence electrons. The molecule has 10 heteroatoms. The van der Waals surface area contributed by atoms with E-state index >= 15 is 0 Å². The van der Waals surface area contributed by atoms with Crippen LogP contribution in [0.4, 0.5) is 5.82 Å². The van der Waals surface area contributed by atoms with Gasteiger partial charge in [-0.15, -0.1) is 0 Å². The number of pyridine rings is 1. The fourth-order valence-electron chi connectivity index (χ4n) is 5.23. The number of carbonyl (C=O) groups is 3. The molecule has 1 aromatic rings. The Labute approximate surface area is 200 Å². The monoisotopic (exact) mass is 473 g/mol. The number of rotatable bonds is 8. The second-order valence-corrected chi connectivity index (χ2v) is 9.41. The van der Waals surface area contributed by atoms with Crippen molar-refractivity contribution in [1.82, 2.24) is 20.1 Å². The Morgan fingerprint density at radius 3 is 2.44 bits per heavy atom. The van der Waals surface area contributed by atoms with Crippen molar-refractivity contribution in [1.29, 1.82) is 0 Å². The van der Waals surface area contributed by atoms with E-state index < -0.39 is 5.92 Å². The predicted molar refractivity (Wildman–Crippen MR) is 124 cm³/mol. The molecule has 2 saturated heterocycles. The fraction of sp³-hybridized carbons (Fsp3) is 0.667. The minimum Gasteiger partial charge on any atom is -0.378 e. The molecule has 2 aliphatic heterocycles. The summed E-state index contributed by atoms with van der Waals surface area (Å²) in [5.41, 5.74) is 0.431. The second-order valence-electron chi connectivity index (χ2n) is 9.41. The van der Waals surface area contributed by atoms with E-state index in [0.717, 1.165) is 57.4 Å². The van der Waals surface area contributed by atoms with Crippen LogP contribution in [0.2, 0.25) is 0 Å². The van der Waals surface area contributed by atoms with Gasteiger partial charge in [-0.05, 0) is 37.3 Å². The van der Waals surface area contributed by atoms with E-state index in [2.05, 4.69) is 9.88 Å². The van der Waals surface area contributed by atoms with Gasteiger partial charge in [-0.25, -0.2) is 15.1 Å². The van der Waals surface area contributed by atoms with E-state index in [-0.39, 0.29) is 18.4 Å². The van der Waals surface area contributed by atoms with Crippen LogP contribution >= 0.6 is 0 Å². The van der Waals surface area contributed by atoms with E-state index in [1.54, 1.807) is 12.3 Å². The first-order chi connectivity index (χ1) is 16.6. The van der Waals surface area contributed by atoms with Crippen molar-refractivity contribution in [3.8, 4) is 0 Å². The van der Waals surface area contributed by atoms with Crippen molar-refractivity contribution in [3.05, 3.63) is 23.9 Å². The van der Waals surface area contributed by atoms with Crippen LogP contribution in [-0.4, -0.2) is 89.4 Å². The number of aromatic nitrogens is 1. The van der Waals surface area contributed by atoms with Crippen LogP contribution in [0.1, 0.15) is 55.3 Å². The molecular formula is C24H35N5O5. The molecular weight excluding hydrogens is 438 g/mol. The van der Waals surface area contributed by atoms with E-state index in [9.17, 15) is 19.6 Å². The van der Waals surface area contributed by atoms with Gasteiger partial charge in [0, 0.05) is 32.4 Å². The van der Waals surface area contributed by atoms with Crippen LogP contribution < -0.4 is 4.90 Å². The number of hydrogen-bond donors (Lipinski definition) is 1. The molecule has 10 nitrogen and oxygen atoms in total. The summed E-state index contributed by atoms with van der Waals surface area (Å²) in [5, 5.41) is 13.4. The Morgan fingerprint density at radius 2 is 1.79 bits per heavy atom. The van der Waals surface area contributed by atoms with Crippen molar-refractivity contribution in [2.45, 2.75) is 44.9 Å². The first kappa shape index (κ1) is 24.4. The standard InChI is InChI=1S/C24H35N5O5/c30-18-27(33)17-21(15-19-5-1-2-6-19)24(32)29-10-4-3-9-28(29)23(31)20-7-8-22(25-16-20)26-11-13-34-14-12-26/h7-8,16,18-19,21,33H,1-6,9-15,17H2. The van der Waals surface area contributed by atoms with Gasteiger partial charge < -0.3 is 9.64 Å². The number of carbonyl (C=O) groups excluding carboxylic acids is 3. The summed E-state index contributed by atoms with van der Waals surface area (Å²) in [7, 11) is 0. The van der Waals surface area contributed by atoms with E-state index in [1.807, 2.05) is 6.07 Å². The number of hydroxylamine groups is 2. The Hall–Kier alpha value is -2.72. The van der Waals surface area contributed by atoms with Crippen molar-refractivity contribution in [2.75, 3.05) is 50.8 Å². The summed E-state index contributed by atoms with van der Waals surface area (Å²) in [6.07, 6.45) is 8.52. The topological polar surface area (TPSA) is 107 Å². The highest BCUT2D eigenvalue weighted by molar-refractivity contribution is 5.95. The summed E-state index contributed by atoms with van der Waals surface area (Å²) in [6, 6.07) is 3.60. The Bertz CT molecular complexity index is 839. The van der Waals surface area contributed by atoms with Crippen LogP contribution in [-0.2, 0) is 14.3 Å². The van der Waals surface area contributed by atoms with Gasteiger partial charge in [0.05, 0.1) is 31.2 Å². The lowest BCUT2D eigenvalue weighted by Gasteiger charge is -2.40. The molecule has 1 saturated carbocycles. The molecule has 4 rings (SSSR count). The molecule has 0 radical (unpaired) electrons. The van der Waals surface area contributed by atoms with E-state index in [0.29, 0.717) is 55.7 Å². The summed E-state index contributed by atoms with van der Waals surface area (Å²) >= 11 is 0. The molecule has 3 heterocycles. The average molecular weight is 474 g/mol. The molecule has 1 N–H and O–H groups in total. The molecule has 1 atom stereocenters. The zero-order valence-electron chi connectivity index (χ0n) is 19.7. The number of morpholine rings is 1. The SMILES string of the molecule is O=CN(O)CC(CC1CCCC1)C(=O)N1CCCCN1C(=O)c1ccc(N2CCOCC2)nc1. The third-order valence-corrected chi connectivity index (χ3v) is 7.07. The lowest BCUT2D eigenvalue weighted by molar-refractivity contribution is -0.164. The molecule has 34 heavy (non-hydrogen) atoms. The highest BCUT2D eigenvalue weighted by Gasteiger charge is 2.36. The molecule has 0 bridgehead atoms. The van der Waals surface area contributed by atoms with Crippen LogP contribution in [0.5, 0.6) is 0 Å². The van der Waals surface area contributed by atoms with Crippen LogP contribution in [0.15, 0.2) is 18.3 Å². The van der Waals surface area contributed by atoms with Gasteiger partial charge >= 0.3 is 0 Å². The number of hydrogen-bond acceptors (Lipinski definition) is 7. The maximum Gasteiger partial charge on any atom is 0.274 e. The summed E-state index contributed by atoms with van der Waals surface area (Å²) < 4.78 is 5.38. The van der Waals surface area contributed by atoms with Gasteiger partial charge in [0.25, 0.3) is 5.91 Å². The molecule has 3 aliphatic rings. The quantitative estimate of drug-likeness (QED) is 0.349. The fourth-order valence-corrected chi connectivity index (χ4v) is 5.23. The molecule has 0 aromatic carbocycles. The largest absolute Gasteiger partial charge is 0.378 e. The van der Waals surface area contributed by atoms with Gasteiger partial charge in [-0.2, -0.15) is 0 Å². The Kier molecular flexibility index (Phi) is 8.34. The van der Waals surface area contributed by atoms with Gasteiger partial charge in [0.2, 0.25) is 12.3 Å². The molecule has 3 amide bonds. The highest BCUT2D eigenvalue weighted by atomic mass is 16.5. The molecule has 0 spiro atoms. The third-order valence-electron chi connectivity index (χ3n) is 7.07. The van der Waals surface area contributed by atoms with Crippen LogP contribution in [0.25, 0.3) is 0 Å². The Morgan fingerprint density at radius 1 is 1.09 bits per heavy atom. The second kappa shape index (κ2) is 11.6. The zero-order chi connectivity index (χ0) is 23.9. The molecule has 1 aliphatic carbocycles. The number of nitrogens with zero attached hydrogens (tertiary/aromatic N) is 5. The van der Waals surface area contributed by atoms with E-state index in [1.165, 1.54) is 10.0 Å². The average Bonchev–Trinajstić information content (AvgIpc) is 3.41. The smallest absolute Gasteiger partial charge is 0.274 e. The van der Waals surface area contributed by atoms with Gasteiger partial charge in [-0.1, -0.05) is 25.7 Å². The van der Waals surface area contributed by atoms with Gasteiger partial charge in [0.15, 0.2) is 0 Å². The highest BCUT2D eigenvalue weighted by Crippen LogP contribution is 2.32. The third kappa shape index (κ3) is 5.85. The first-order valence-corrected chi connectivity index (χ1v) is 12.4. The van der Waals surface area contributed by atoms with Crippen LogP contribution in [0, 0.1) is 11.8 Å². The maximum absolute atomic E-state index is 13.6. The van der Waals surface area contributed by atoms with Gasteiger partial charge in [0.1, 0.15) is 5.82 Å². The lowest BCUT2D eigenvalue weighted by Crippen LogP contribution is -2.56. The van der Waals surface area contributed by atoms with Crippen molar-refractivity contribution >= 4 is 24.0 Å². The molecule has 3 fully saturated rings. The lowest BCUT2D eigenvalue weighted by atomic mass is 9.92. The maximum atomic E-state index is 13.6. The number of anilines is 1. The van der Waals surface area contributed by atoms with Crippen molar-refractivity contribution < 1.29 is 24.3 Å². The van der Waals surface area contributed by atoms with Crippen LogP contribution in [0.3, 0.4) is 0 Å². The summed E-state index contributed by atoms with van der Waals surface area (Å²) in [6.45, 7) is 3.67. The van der Waals surface area contributed by atoms with E-state index in [4.69, 9.17) is 4.74 Å². The molecule has 1 unspecified atom stereocenters. The number of hydrazine groups is 1. The minimum absolute atomic E-state index is 0.0623. The van der Waals surface area contributed by atoms with Crippen molar-refractivity contribution in [3.63, 3.8) is 0 Å². The summed E-state index contributed by atoms with van der Waals surface area (Å²) in [5.74, 6) is 0.192. The number of ether oxygens (including phenoxy) is 1. The molecule has 1 aromatic heterocycles. The number of amides is 3. The zero-order valence-corrected chi connectivity index (χ0v) is 19.7. The van der Waals surface area contributed by atoms with Gasteiger partial charge in [-0.3, -0.25) is 24.6 Å². The first-order valence-electron chi connectivity index (χ1n) is 12.4. The predicted octanol–water partition coefficient (Wildman–Crippen LogP) is 1.94. The van der Waals surface area contributed by atoms with Crippen molar-refractivity contribution in [2.24, 2.45) is 11.8 Å².